The SMILES string of the molecule is [C-]#[N+]C([N+]#[C-])=C1Cc2c(S(F)(F)(F)(F)F)c3c(c(S(F)(F)(F)(F)F)c2=C1c1cc(F)c([N+]#[C-])c(F)c1)CC(=C(C#N)C#N)C=3c1cc(F)c(C#N)c(F)c1.[C-]#[N+]C([N+]#[C-])=C1Cc2c(SC(F)(F)F)c3c(c(SC(F)(F)F)c2=C1c1cc(F)c([N+]#[C-])c(F)c1)CC(=C(C#N)C#N)C=3c1cc(F)c(C#N)c(F)c1.[C-]#[N+]C([N+]#[C-])=C1Cc2cc3c(cc2=C1c1cc(F)nc(F)c1)CC(=C(C#N)C#N)C=3c1cc(F)nc(F)c1. The third-order valence-corrected chi connectivity index (χ3v) is 26.3. The topological polar surface area (TPSA) is 251 Å². The molecule has 0 spiro atoms. The molecule has 0 amide bonds. The number of halogens is 28. The predicted octanol–water partition coefficient (Wildman–Crippen LogP) is 23.6. The molecule has 0 atom stereocenters. The zero-order chi connectivity index (χ0) is 106. The maximum atomic E-state index is 15.5. The van der Waals surface area contributed by atoms with Crippen LogP contribution in [0.2, 0.25) is 0 Å². The van der Waals surface area contributed by atoms with Crippen LogP contribution in [-0.4, -0.2) is 21.0 Å². The molecular weight excluding hydrogens is 2040 g/mol. The van der Waals surface area contributed by atoms with E-state index in [0.29, 0.717) is 45.8 Å². The number of benzene rings is 7. The first-order chi connectivity index (χ1) is 67.1. The van der Waals surface area contributed by atoms with Crippen LogP contribution in [0.5, 0.6) is 0 Å². The smallest absolute Gasteiger partial charge is 0.232 e. The quantitative estimate of drug-likeness (QED) is 0.0407. The summed E-state index contributed by atoms with van der Waals surface area (Å²) in [4.78, 5) is 20.6. The maximum Gasteiger partial charge on any atom is 0.523 e. The molecule has 2 aromatic heterocycles. The number of rotatable bonds is 10. The summed E-state index contributed by atoms with van der Waals surface area (Å²) in [6, 6.07) is 20.1. The molecule has 0 N–H and O–H groups in total. The van der Waals surface area contributed by atoms with E-state index in [9.17, 15) is 102 Å². The molecule has 50 heteroatoms. The molecule has 7 aromatic carbocycles. The van der Waals surface area contributed by atoms with E-state index >= 15 is 47.6 Å². The Hall–Kier alpha value is -18.2. The molecule has 0 saturated carbocycles. The highest BCUT2D eigenvalue weighted by Crippen LogP contribution is 3.04. The van der Waals surface area contributed by atoms with Crippen LogP contribution in [-0.2, 0) is 38.5 Å². The highest BCUT2D eigenvalue weighted by atomic mass is 32.5. The number of alkyl halides is 6. The van der Waals surface area contributed by atoms with Gasteiger partial charge in [0.2, 0.25) is 23.8 Å². The molecule has 0 fully saturated rings. The van der Waals surface area contributed by atoms with Crippen LogP contribution >= 0.6 is 44.0 Å². The Morgan fingerprint density at radius 1 is 0.299 bits per heavy atom. The molecule has 2 heterocycles. The number of pyridine rings is 2. The number of aromatic nitrogens is 2. The zero-order valence-corrected chi connectivity index (χ0v) is 72.9. The van der Waals surface area contributed by atoms with E-state index in [1.54, 1.807) is 12.1 Å². The Morgan fingerprint density at radius 3 is 0.799 bits per heavy atom. The van der Waals surface area contributed by atoms with Gasteiger partial charge in [0.25, 0.3) is 11.4 Å². The molecular formula is C94H26F28N18S4. The molecule has 712 valence electrons. The van der Waals surface area contributed by atoms with Crippen molar-refractivity contribution in [2.75, 3.05) is 0 Å². The summed E-state index contributed by atoms with van der Waals surface area (Å²) in [5.74, 6) is -20.9. The Morgan fingerprint density at radius 2 is 0.528 bits per heavy atom. The van der Waals surface area contributed by atoms with Crippen LogP contribution in [0, 0.1) is 214 Å². The average Bonchev–Trinajstić information content (AvgIpc) is 1.42. The van der Waals surface area contributed by atoms with Crippen LogP contribution in [0.3, 0.4) is 0 Å². The Labute approximate surface area is 795 Å². The van der Waals surface area contributed by atoms with Gasteiger partial charge < -0.3 is 0 Å². The number of thioether (sulfide) groups is 2. The molecule has 18 nitrogen and oxygen atoms in total. The van der Waals surface area contributed by atoms with Crippen LogP contribution in [0.15, 0.2) is 172 Å². The summed E-state index contributed by atoms with van der Waals surface area (Å²) in [5.41, 5.74) is -34.9. The second kappa shape index (κ2) is 35.6. The molecule has 0 aliphatic heterocycles. The van der Waals surface area contributed by atoms with Gasteiger partial charge in [0.1, 0.15) is 172 Å². The van der Waals surface area contributed by atoms with Gasteiger partial charge in [-0.05, 0) is 231 Å². The molecule has 144 heavy (non-hydrogen) atoms. The number of nitrogens with zero attached hydrogens (tertiary/aromatic N) is 18. The molecule has 6 aliphatic carbocycles. The van der Waals surface area contributed by atoms with Gasteiger partial charge in [-0.15, -0.1) is 0 Å². The first-order valence-electron chi connectivity index (χ1n) is 38.3. The number of hydrogen-bond donors (Lipinski definition) is 0. The molecule has 0 saturated heterocycles. The molecule has 0 bridgehead atoms. The number of nitriles is 8. The molecule has 0 unspecified atom stereocenters. The van der Waals surface area contributed by atoms with Crippen LogP contribution < -0.4 is 31.3 Å². The average molecular weight is 2070 g/mol. The minimum Gasteiger partial charge on any atom is -0.232 e. The van der Waals surface area contributed by atoms with Gasteiger partial charge in [0, 0.05) is 74.2 Å². The third kappa shape index (κ3) is 18.7. The standard InChI is InChI=1S/C34H8F10N6S2.C32H8F14N6S2.C28H10F4N6/c1-48-29-23(37)6-14(7-24(29)38)26-19(32(49-2)50-3)9-18-28(26)30(51-33(39,40)41)17-8-16(15(10-45)11-46)25(27(17)31(18)52-34(42,43)44)13-4-21(35)20(12-47)22(36)5-13;1-50-29-23(35)6-14(7-24(29)36)26-19(32(51-2)52-3)9-18-28(26)30(53(37,38,39,40)41)17-8-16(15(10-47)11-48)25(27(17)31(18)54(42,43,44,45)46)13-4-21(33)20(12-49)22(34)5-13;1-35-28(36-2)21-6-14-4-18-13(3-19(14)27(21)16-9-24(31)38-25(32)10-16)5-20(17(11-33)12-34)26(18)15-7-22(29)37-23(30)8-15/h4-7H,8-9H2;4-7H,8-9H2;3-4,7-10H,5-6H2. The fourth-order valence-electron chi connectivity index (χ4n) is 17.2. The molecule has 9 aromatic rings. The van der Waals surface area contributed by atoms with E-state index in [2.05, 4.69) is 48.7 Å². The van der Waals surface area contributed by atoms with Crippen molar-refractivity contribution in [3.05, 3.63) is 423 Å². The zero-order valence-electron chi connectivity index (χ0n) is 69.6. The third-order valence-electron chi connectivity index (χ3n) is 22.1. The first kappa shape index (κ1) is 103. The summed E-state index contributed by atoms with van der Waals surface area (Å²) in [7, 11) is -23.5. The summed E-state index contributed by atoms with van der Waals surface area (Å²) in [6.07, 6.45) is -5.81. The monoisotopic (exact) mass is 2070 g/mol. The van der Waals surface area contributed by atoms with Crippen molar-refractivity contribution in [3.8, 4) is 48.6 Å². The Balaban J connectivity index is 0.000000184. The van der Waals surface area contributed by atoms with Gasteiger partial charge in [-0.1, -0.05) is 38.9 Å². The van der Waals surface area contributed by atoms with Crippen molar-refractivity contribution in [2.24, 2.45) is 0 Å². The predicted molar refractivity (Wildman–Crippen MR) is 452 cm³/mol. The lowest BCUT2D eigenvalue weighted by atomic mass is 9.94. The van der Waals surface area contributed by atoms with Gasteiger partial charge in [-0.2, -0.15) is 125 Å². The van der Waals surface area contributed by atoms with Crippen LogP contribution in [0.4, 0.5) is 129 Å². The Bertz CT molecular complexity index is 8310. The minimum absolute atomic E-state index is 0.0388. The van der Waals surface area contributed by atoms with Gasteiger partial charge in [0.15, 0.2) is 0 Å². The van der Waals surface area contributed by atoms with E-state index in [-0.39, 0.29) is 81.9 Å². The van der Waals surface area contributed by atoms with Crippen molar-refractivity contribution < 1.29 is 118 Å². The lowest BCUT2D eigenvalue weighted by Crippen LogP contribution is -2.34. The first-order valence-corrected chi connectivity index (χ1v) is 43.8. The summed E-state index contributed by atoms with van der Waals surface area (Å²) in [6.45, 7) is 58.3. The number of hydrogen-bond acceptors (Lipinski definition) is 12. The van der Waals surface area contributed by atoms with E-state index in [1.165, 1.54) is 18.2 Å². The fourth-order valence-corrected chi connectivity index (χ4v) is 21.5. The maximum absolute atomic E-state index is 15.5. The van der Waals surface area contributed by atoms with Crippen LogP contribution in [0.25, 0.3) is 72.2 Å². The van der Waals surface area contributed by atoms with Crippen molar-refractivity contribution in [3.63, 3.8) is 0 Å². The highest BCUT2D eigenvalue weighted by molar-refractivity contribution is 8.46. The van der Waals surface area contributed by atoms with Crippen molar-refractivity contribution >= 4 is 88.8 Å². The molecule has 6 aliphatic rings. The summed E-state index contributed by atoms with van der Waals surface area (Å²) >= 11 is -1.80. The lowest BCUT2D eigenvalue weighted by Gasteiger charge is -2.45. The highest BCUT2D eigenvalue weighted by Gasteiger charge is 2.73. The second-order valence-corrected chi connectivity index (χ2v) is 37.0. The van der Waals surface area contributed by atoms with Gasteiger partial charge in [-0.25, -0.2) is 44.8 Å². The van der Waals surface area contributed by atoms with E-state index in [0.717, 1.165) is 42.5 Å². The van der Waals surface area contributed by atoms with Crippen molar-refractivity contribution in [1.29, 1.82) is 42.1 Å². The van der Waals surface area contributed by atoms with E-state index in [1.807, 2.05) is 12.1 Å². The number of allylic oxidation sites excluding steroid dienone is 9. The number of fused-ring (bicyclic) bond motifs is 6. The van der Waals surface area contributed by atoms with Crippen molar-refractivity contribution in [1.82, 2.24) is 9.97 Å². The van der Waals surface area contributed by atoms with Crippen molar-refractivity contribution in [2.45, 2.75) is 69.1 Å². The van der Waals surface area contributed by atoms with Gasteiger partial charge in [0.05, 0.1) is 29.9 Å². The lowest BCUT2D eigenvalue weighted by molar-refractivity contribution is -0.0339. The van der Waals surface area contributed by atoms with Gasteiger partial charge >= 0.3 is 48.9 Å². The molecule has 0 radical (unpaired) electrons. The fraction of sp³-hybridized carbons (Fsp3) is 0.0851. The molecule has 15 rings (SSSR count). The normalized spacial score (nSPS) is 14.4. The van der Waals surface area contributed by atoms with E-state index in [4.69, 9.17) is 63.1 Å². The summed E-state index contributed by atoms with van der Waals surface area (Å²) in [5, 5.41) is 70.5. The second-order valence-electron chi connectivity index (χ2n) is 30.2. The van der Waals surface area contributed by atoms with Crippen LogP contribution in [0.1, 0.15) is 77.9 Å². The Kier molecular flexibility index (Phi) is 25.5. The van der Waals surface area contributed by atoms with E-state index < -0.39 is 326 Å². The minimum atomic E-state index is -11.7. The largest absolute Gasteiger partial charge is 0.523 e. The van der Waals surface area contributed by atoms with Gasteiger partial charge in [-0.3, -0.25) is 0 Å². The summed E-state index contributed by atoms with van der Waals surface area (Å²) < 4.78 is 417.